The average molecular weight is 574 g/mol. The van der Waals surface area contributed by atoms with Gasteiger partial charge in [0.1, 0.15) is 18.3 Å². The number of nitrogens with zero attached hydrogens (tertiary/aromatic N) is 2. The Morgan fingerprint density at radius 1 is 1.02 bits per heavy atom. The Bertz CT molecular complexity index is 1280. The Morgan fingerprint density at radius 2 is 1.73 bits per heavy atom. The number of methoxy groups -OCH3 is 1. The molecule has 218 valence electrons. The third-order valence-corrected chi connectivity index (χ3v) is 9.21. The van der Waals surface area contributed by atoms with Crippen LogP contribution in [0.5, 0.6) is 17.2 Å². The number of carbonyl (C=O) groups is 2. The lowest BCUT2D eigenvalue weighted by Gasteiger charge is -2.34. The first-order chi connectivity index (χ1) is 19.2. The van der Waals surface area contributed by atoms with E-state index < -0.39 is 28.5 Å². The molecule has 0 saturated heterocycles. The topological polar surface area (TPSA) is 114 Å². The van der Waals surface area contributed by atoms with E-state index in [0.29, 0.717) is 29.4 Å². The molecule has 1 aliphatic carbocycles. The number of anilines is 1. The molecule has 0 spiro atoms. The minimum Gasteiger partial charge on any atom is -0.497 e. The van der Waals surface area contributed by atoms with Gasteiger partial charge in [-0.15, -0.1) is 0 Å². The first-order valence-electron chi connectivity index (χ1n) is 13.9. The van der Waals surface area contributed by atoms with Crippen molar-refractivity contribution in [3.63, 3.8) is 0 Å². The number of nitrogens with one attached hydrogen (secondary N) is 1. The zero-order valence-electron chi connectivity index (χ0n) is 23.4. The first kappa shape index (κ1) is 29.5. The van der Waals surface area contributed by atoms with Gasteiger partial charge in [0.2, 0.25) is 28.6 Å². The lowest BCUT2D eigenvalue weighted by atomic mass is 9.95. The van der Waals surface area contributed by atoms with Crippen LogP contribution in [0.15, 0.2) is 42.5 Å². The second-order valence-electron chi connectivity index (χ2n) is 10.1. The molecule has 2 aromatic rings. The normalized spacial score (nSPS) is 15.8. The molecule has 0 aromatic heterocycles. The Labute approximate surface area is 236 Å². The quantitative estimate of drug-likeness (QED) is 0.410. The van der Waals surface area contributed by atoms with Gasteiger partial charge in [0.15, 0.2) is 11.5 Å². The van der Waals surface area contributed by atoms with Gasteiger partial charge in [0, 0.05) is 18.7 Å². The van der Waals surface area contributed by atoms with Crippen LogP contribution >= 0.6 is 0 Å². The van der Waals surface area contributed by atoms with Gasteiger partial charge < -0.3 is 24.4 Å². The van der Waals surface area contributed by atoms with Crippen molar-refractivity contribution < 1.29 is 32.2 Å². The lowest BCUT2D eigenvalue weighted by molar-refractivity contribution is -0.140. The number of rotatable bonds is 12. The van der Waals surface area contributed by atoms with Gasteiger partial charge in [-0.3, -0.25) is 13.9 Å². The van der Waals surface area contributed by atoms with E-state index in [9.17, 15) is 18.0 Å². The molecule has 1 N–H and O–H groups in total. The third-order valence-electron chi connectivity index (χ3n) is 7.47. The maximum absolute atomic E-state index is 14.0. The van der Waals surface area contributed by atoms with E-state index in [0.717, 1.165) is 42.0 Å². The SMILES string of the molecule is CC[C@@H](C(=O)NC1CCCCC1)N(Cc1ccc(OC)cc1)C(=O)CN(c1ccc2c(c1)OCO2)S(=O)(=O)CC. The Morgan fingerprint density at radius 3 is 2.38 bits per heavy atom. The average Bonchev–Trinajstić information content (AvgIpc) is 3.44. The van der Waals surface area contributed by atoms with Crippen LogP contribution in [0.1, 0.15) is 57.9 Å². The molecule has 40 heavy (non-hydrogen) atoms. The molecule has 1 aliphatic heterocycles. The highest BCUT2D eigenvalue weighted by molar-refractivity contribution is 7.92. The lowest BCUT2D eigenvalue weighted by Crippen LogP contribution is -2.54. The van der Waals surface area contributed by atoms with E-state index >= 15 is 0 Å². The molecule has 2 amide bonds. The molecule has 10 nitrogen and oxygen atoms in total. The van der Waals surface area contributed by atoms with E-state index in [2.05, 4.69) is 5.32 Å². The van der Waals surface area contributed by atoms with Gasteiger partial charge in [-0.25, -0.2) is 8.42 Å². The van der Waals surface area contributed by atoms with Crippen LogP contribution in [0.4, 0.5) is 5.69 Å². The highest BCUT2D eigenvalue weighted by atomic mass is 32.2. The number of amides is 2. The zero-order chi connectivity index (χ0) is 28.7. The van der Waals surface area contributed by atoms with Gasteiger partial charge in [-0.1, -0.05) is 38.3 Å². The summed E-state index contributed by atoms with van der Waals surface area (Å²) >= 11 is 0. The summed E-state index contributed by atoms with van der Waals surface area (Å²) in [5.41, 5.74) is 1.09. The molecule has 1 saturated carbocycles. The van der Waals surface area contributed by atoms with Crippen molar-refractivity contribution in [3.8, 4) is 17.2 Å². The van der Waals surface area contributed by atoms with Crippen molar-refractivity contribution in [2.45, 2.75) is 71.0 Å². The highest BCUT2D eigenvalue weighted by Gasteiger charge is 2.34. The summed E-state index contributed by atoms with van der Waals surface area (Å²) in [7, 11) is -2.27. The molecule has 0 bridgehead atoms. The minimum absolute atomic E-state index is 0.0438. The van der Waals surface area contributed by atoms with Gasteiger partial charge >= 0.3 is 0 Å². The third kappa shape index (κ3) is 6.99. The smallest absolute Gasteiger partial charge is 0.244 e. The summed E-state index contributed by atoms with van der Waals surface area (Å²) in [4.78, 5) is 29.0. The number of hydrogen-bond acceptors (Lipinski definition) is 7. The van der Waals surface area contributed by atoms with E-state index in [4.69, 9.17) is 14.2 Å². The van der Waals surface area contributed by atoms with Crippen molar-refractivity contribution in [1.29, 1.82) is 0 Å². The number of ether oxygens (including phenoxy) is 3. The van der Waals surface area contributed by atoms with Crippen molar-refractivity contribution in [2.24, 2.45) is 0 Å². The fourth-order valence-corrected chi connectivity index (χ4v) is 6.21. The molecule has 1 atom stereocenters. The fourth-order valence-electron chi connectivity index (χ4n) is 5.15. The van der Waals surface area contributed by atoms with E-state index in [1.165, 1.54) is 11.8 Å². The molecule has 2 aromatic carbocycles. The molecule has 0 radical (unpaired) electrons. The van der Waals surface area contributed by atoms with Crippen LogP contribution in [0.25, 0.3) is 0 Å². The second-order valence-corrected chi connectivity index (χ2v) is 12.3. The van der Waals surface area contributed by atoms with Crippen molar-refractivity contribution >= 4 is 27.5 Å². The molecule has 0 unspecified atom stereocenters. The molecule has 1 heterocycles. The molecular formula is C29H39N3O7S. The summed E-state index contributed by atoms with van der Waals surface area (Å²) in [6, 6.07) is 11.4. The van der Waals surface area contributed by atoms with Gasteiger partial charge in [0.05, 0.1) is 18.6 Å². The second kappa shape index (κ2) is 13.3. The Hall–Kier alpha value is -3.47. The molecule has 2 aliphatic rings. The number of fused-ring (bicyclic) bond motifs is 1. The fraction of sp³-hybridized carbons (Fsp3) is 0.517. The van der Waals surface area contributed by atoms with Crippen LogP contribution < -0.4 is 23.8 Å². The summed E-state index contributed by atoms with van der Waals surface area (Å²) < 4.78 is 43.6. The van der Waals surface area contributed by atoms with E-state index in [1.54, 1.807) is 37.4 Å². The largest absolute Gasteiger partial charge is 0.497 e. The number of sulfonamides is 1. The van der Waals surface area contributed by atoms with Crippen LogP contribution in [0, 0.1) is 0 Å². The number of carbonyl (C=O) groups excluding carboxylic acids is 2. The van der Waals surface area contributed by atoms with Gasteiger partial charge in [-0.2, -0.15) is 0 Å². The highest BCUT2D eigenvalue weighted by Crippen LogP contribution is 2.36. The predicted molar refractivity (Wildman–Crippen MR) is 152 cm³/mol. The standard InChI is InChI=1S/C29H39N3O7S/c1-4-25(29(34)30-22-9-7-6-8-10-22)31(18-21-11-14-24(37-3)15-12-21)28(33)19-32(40(35,36)5-2)23-13-16-26-27(17-23)39-20-38-26/h11-17,22,25H,4-10,18-20H2,1-3H3,(H,30,34)/t25-/m0/s1. The zero-order valence-corrected chi connectivity index (χ0v) is 24.2. The van der Waals surface area contributed by atoms with Crippen molar-refractivity contribution in [3.05, 3.63) is 48.0 Å². The number of hydrogen-bond donors (Lipinski definition) is 1. The Kier molecular flexibility index (Phi) is 9.78. The Balaban J connectivity index is 1.63. The van der Waals surface area contributed by atoms with Crippen molar-refractivity contribution in [1.82, 2.24) is 10.2 Å². The van der Waals surface area contributed by atoms with Crippen molar-refractivity contribution in [2.75, 3.05) is 30.5 Å². The molecular weight excluding hydrogens is 534 g/mol. The van der Waals surface area contributed by atoms with E-state index in [-0.39, 0.29) is 31.0 Å². The van der Waals surface area contributed by atoms with E-state index in [1.807, 2.05) is 19.1 Å². The summed E-state index contributed by atoms with van der Waals surface area (Å²) in [6.45, 7) is 3.11. The van der Waals surface area contributed by atoms with Crippen LogP contribution in [0.3, 0.4) is 0 Å². The van der Waals surface area contributed by atoms with Crippen LogP contribution in [0.2, 0.25) is 0 Å². The predicted octanol–water partition coefficient (Wildman–Crippen LogP) is 3.84. The maximum atomic E-state index is 14.0. The first-order valence-corrected chi connectivity index (χ1v) is 15.5. The van der Waals surface area contributed by atoms with Crippen LogP contribution in [-0.2, 0) is 26.2 Å². The number of benzene rings is 2. The molecule has 11 heteroatoms. The molecule has 4 rings (SSSR count). The summed E-state index contributed by atoms with van der Waals surface area (Å²) in [5.74, 6) is 0.698. The van der Waals surface area contributed by atoms with Crippen LogP contribution in [-0.4, -0.2) is 63.4 Å². The minimum atomic E-state index is -3.84. The van der Waals surface area contributed by atoms with Gasteiger partial charge in [0.25, 0.3) is 0 Å². The maximum Gasteiger partial charge on any atom is 0.244 e. The summed E-state index contributed by atoms with van der Waals surface area (Å²) in [6.07, 6.45) is 5.51. The summed E-state index contributed by atoms with van der Waals surface area (Å²) in [5, 5.41) is 3.15. The molecule has 1 fully saturated rings. The monoisotopic (exact) mass is 573 g/mol. The van der Waals surface area contributed by atoms with Gasteiger partial charge in [-0.05, 0) is 56.0 Å².